The Labute approximate surface area is 156 Å². The number of halogens is 1. The second-order valence-electron chi connectivity index (χ2n) is 5.67. The molecule has 132 valence electrons. The highest BCUT2D eigenvalue weighted by Gasteiger charge is 2.22. The summed E-state index contributed by atoms with van der Waals surface area (Å²) in [5, 5.41) is 6.28. The van der Waals surface area contributed by atoms with Crippen LogP contribution in [0.4, 0.5) is 0 Å². The van der Waals surface area contributed by atoms with Gasteiger partial charge in [0.2, 0.25) is 0 Å². The average Bonchev–Trinajstić information content (AvgIpc) is 3.17. The molecule has 2 aromatic carbocycles. The molecule has 0 bridgehead atoms. The fraction of sp³-hybridized carbons (Fsp3) is 0.150. The third kappa shape index (κ3) is 4.80. The number of nitrogens with zero attached hydrogens (tertiary/aromatic N) is 2. The van der Waals surface area contributed by atoms with Crippen LogP contribution in [0.5, 0.6) is 0 Å². The Hall–Kier alpha value is -2.92. The Bertz CT molecular complexity index is 845. The SMILES string of the molecule is O=C(/C=C/c1ccc(Cl)cc1)OCC(=O)N1CCC(c2ccccc2)=N1. The molecule has 0 unspecified atom stereocenters. The molecule has 26 heavy (non-hydrogen) atoms. The molecule has 5 nitrogen and oxygen atoms in total. The molecule has 1 aliphatic heterocycles. The monoisotopic (exact) mass is 368 g/mol. The summed E-state index contributed by atoms with van der Waals surface area (Å²) in [7, 11) is 0. The van der Waals surface area contributed by atoms with Crippen molar-refractivity contribution in [3.8, 4) is 0 Å². The van der Waals surface area contributed by atoms with E-state index in [0.717, 1.165) is 16.8 Å². The highest BCUT2D eigenvalue weighted by atomic mass is 35.5. The second-order valence-corrected chi connectivity index (χ2v) is 6.11. The van der Waals surface area contributed by atoms with E-state index in [4.69, 9.17) is 16.3 Å². The molecule has 0 radical (unpaired) electrons. The molecular weight excluding hydrogens is 352 g/mol. The maximum absolute atomic E-state index is 12.1. The average molecular weight is 369 g/mol. The van der Waals surface area contributed by atoms with Crippen LogP contribution in [0.2, 0.25) is 5.02 Å². The Morgan fingerprint density at radius 1 is 1.12 bits per heavy atom. The Kier molecular flexibility index (Phi) is 5.81. The number of carbonyl (C=O) groups excluding carboxylic acids is 2. The first-order valence-corrected chi connectivity index (χ1v) is 8.53. The summed E-state index contributed by atoms with van der Waals surface area (Å²) in [5.41, 5.74) is 2.66. The number of esters is 1. The number of benzene rings is 2. The van der Waals surface area contributed by atoms with Crippen LogP contribution in [0.3, 0.4) is 0 Å². The van der Waals surface area contributed by atoms with Gasteiger partial charge in [-0.3, -0.25) is 4.79 Å². The van der Waals surface area contributed by atoms with Gasteiger partial charge in [-0.1, -0.05) is 54.1 Å². The number of ether oxygens (including phenoxy) is 1. The number of carbonyl (C=O) groups is 2. The number of rotatable bonds is 5. The summed E-state index contributed by atoms with van der Waals surface area (Å²) in [5.74, 6) is -0.927. The number of amides is 1. The molecule has 2 aromatic rings. The van der Waals surface area contributed by atoms with E-state index in [2.05, 4.69) is 5.10 Å². The van der Waals surface area contributed by atoms with Gasteiger partial charge in [-0.15, -0.1) is 0 Å². The van der Waals surface area contributed by atoms with Gasteiger partial charge < -0.3 is 4.74 Å². The maximum atomic E-state index is 12.1. The van der Waals surface area contributed by atoms with E-state index < -0.39 is 5.97 Å². The first kappa shape index (κ1) is 17.9. The smallest absolute Gasteiger partial charge is 0.331 e. The van der Waals surface area contributed by atoms with Crippen LogP contribution in [0.1, 0.15) is 17.5 Å². The van der Waals surface area contributed by atoms with E-state index in [0.29, 0.717) is 18.0 Å². The van der Waals surface area contributed by atoms with Gasteiger partial charge >= 0.3 is 5.97 Å². The number of hydrazone groups is 1. The summed E-state index contributed by atoms with van der Waals surface area (Å²) >= 11 is 5.80. The molecule has 1 aliphatic rings. The van der Waals surface area contributed by atoms with Crippen LogP contribution >= 0.6 is 11.6 Å². The van der Waals surface area contributed by atoms with E-state index >= 15 is 0 Å². The molecule has 6 heteroatoms. The lowest BCUT2D eigenvalue weighted by Crippen LogP contribution is -2.28. The zero-order chi connectivity index (χ0) is 18.4. The zero-order valence-corrected chi connectivity index (χ0v) is 14.7. The van der Waals surface area contributed by atoms with Crippen molar-refractivity contribution in [3.05, 3.63) is 76.8 Å². The molecule has 3 rings (SSSR count). The van der Waals surface area contributed by atoms with Crippen molar-refractivity contribution in [2.75, 3.05) is 13.2 Å². The van der Waals surface area contributed by atoms with Crippen LogP contribution < -0.4 is 0 Å². The lowest BCUT2D eigenvalue weighted by atomic mass is 10.1. The lowest BCUT2D eigenvalue weighted by Gasteiger charge is -2.10. The maximum Gasteiger partial charge on any atom is 0.331 e. The van der Waals surface area contributed by atoms with E-state index in [9.17, 15) is 9.59 Å². The summed E-state index contributed by atoms with van der Waals surface area (Å²) in [6.45, 7) is 0.149. The highest BCUT2D eigenvalue weighted by Crippen LogP contribution is 2.14. The van der Waals surface area contributed by atoms with Crippen LogP contribution in [0.25, 0.3) is 6.08 Å². The fourth-order valence-electron chi connectivity index (χ4n) is 2.46. The predicted molar refractivity (Wildman–Crippen MR) is 101 cm³/mol. The standard InChI is InChI=1S/C20H17ClN2O3/c21-17-9-6-15(7-10-17)8-11-20(25)26-14-19(24)23-13-12-18(22-23)16-4-2-1-3-5-16/h1-11H,12-14H2/b11-8+. The van der Waals surface area contributed by atoms with Gasteiger partial charge in [0.1, 0.15) is 0 Å². The first-order chi connectivity index (χ1) is 12.6. The van der Waals surface area contributed by atoms with Crippen LogP contribution in [0, 0.1) is 0 Å². The van der Waals surface area contributed by atoms with Gasteiger partial charge in [-0.25, -0.2) is 9.80 Å². The first-order valence-electron chi connectivity index (χ1n) is 8.15. The van der Waals surface area contributed by atoms with Crippen LogP contribution in [0.15, 0.2) is 65.8 Å². The normalized spacial score (nSPS) is 13.7. The van der Waals surface area contributed by atoms with E-state index in [1.165, 1.54) is 11.1 Å². The highest BCUT2D eigenvalue weighted by molar-refractivity contribution is 6.30. The molecule has 0 fully saturated rings. The molecule has 0 N–H and O–H groups in total. The van der Waals surface area contributed by atoms with Gasteiger partial charge in [-0.05, 0) is 29.3 Å². The van der Waals surface area contributed by atoms with Crippen molar-refractivity contribution < 1.29 is 14.3 Å². The molecule has 0 aromatic heterocycles. The van der Waals surface area contributed by atoms with Crippen molar-refractivity contribution in [2.24, 2.45) is 5.10 Å². The van der Waals surface area contributed by atoms with Crippen molar-refractivity contribution in [1.29, 1.82) is 0 Å². The minimum absolute atomic E-state index is 0.338. The predicted octanol–water partition coefficient (Wildman–Crippen LogP) is 3.53. The summed E-state index contributed by atoms with van der Waals surface area (Å²) in [6.07, 6.45) is 3.56. The molecule has 0 saturated heterocycles. The Balaban J connectivity index is 1.50. The third-order valence-corrected chi connectivity index (χ3v) is 4.07. The van der Waals surface area contributed by atoms with Gasteiger partial charge in [0.15, 0.2) is 6.61 Å². The molecular formula is C20H17ClN2O3. The van der Waals surface area contributed by atoms with Gasteiger partial charge in [-0.2, -0.15) is 5.10 Å². The van der Waals surface area contributed by atoms with Gasteiger partial charge in [0.05, 0.1) is 12.3 Å². The third-order valence-electron chi connectivity index (χ3n) is 3.82. The summed E-state index contributed by atoms with van der Waals surface area (Å²) in [4.78, 5) is 23.9. The van der Waals surface area contributed by atoms with Crippen molar-refractivity contribution in [3.63, 3.8) is 0 Å². The summed E-state index contributed by atoms with van der Waals surface area (Å²) in [6, 6.07) is 16.7. The van der Waals surface area contributed by atoms with Gasteiger partial charge in [0.25, 0.3) is 5.91 Å². The molecule has 1 heterocycles. The molecule has 0 saturated carbocycles. The molecule has 0 spiro atoms. The van der Waals surface area contributed by atoms with Crippen molar-refractivity contribution in [1.82, 2.24) is 5.01 Å². The van der Waals surface area contributed by atoms with Crippen LogP contribution in [-0.2, 0) is 14.3 Å². The van der Waals surface area contributed by atoms with E-state index in [-0.39, 0.29) is 12.5 Å². The fourth-order valence-corrected chi connectivity index (χ4v) is 2.59. The second kappa shape index (κ2) is 8.45. The lowest BCUT2D eigenvalue weighted by molar-refractivity contribution is -0.147. The topological polar surface area (TPSA) is 59.0 Å². The Morgan fingerprint density at radius 2 is 1.85 bits per heavy atom. The number of hydrogen-bond donors (Lipinski definition) is 0. The Morgan fingerprint density at radius 3 is 2.58 bits per heavy atom. The molecule has 1 amide bonds. The van der Waals surface area contributed by atoms with Crippen molar-refractivity contribution in [2.45, 2.75) is 6.42 Å². The van der Waals surface area contributed by atoms with Crippen LogP contribution in [-0.4, -0.2) is 35.7 Å². The molecule has 0 atom stereocenters. The van der Waals surface area contributed by atoms with E-state index in [1.54, 1.807) is 30.3 Å². The minimum atomic E-state index is -0.584. The van der Waals surface area contributed by atoms with E-state index in [1.807, 2.05) is 30.3 Å². The quantitative estimate of drug-likeness (QED) is 0.599. The summed E-state index contributed by atoms with van der Waals surface area (Å²) < 4.78 is 4.99. The minimum Gasteiger partial charge on any atom is -0.452 e. The zero-order valence-electron chi connectivity index (χ0n) is 14.0. The van der Waals surface area contributed by atoms with Gasteiger partial charge in [0, 0.05) is 17.5 Å². The number of hydrogen-bond acceptors (Lipinski definition) is 4. The largest absolute Gasteiger partial charge is 0.452 e. The van der Waals surface area contributed by atoms with Crippen molar-refractivity contribution >= 4 is 35.3 Å². The molecule has 0 aliphatic carbocycles.